The number of methoxy groups -OCH3 is 3. The maximum Gasteiger partial charge on any atom is 0.259 e. The van der Waals surface area contributed by atoms with Gasteiger partial charge in [-0.05, 0) is 49.7 Å². The first-order valence-corrected chi connectivity index (χ1v) is 10.8. The van der Waals surface area contributed by atoms with E-state index in [1.54, 1.807) is 38.3 Å². The van der Waals surface area contributed by atoms with Gasteiger partial charge >= 0.3 is 0 Å². The van der Waals surface area contributed by atoms with Gasteiger partial charge in [0.1, 0.15) is 11.4 Å². The minimum atomic E-state index is -0.286. The van der Waals surface area contributed by atoms with E-state index in [0.29, 0.717) is 34.2 Å². The minimum Gasteiger partial charge on any atom is -0.497 e. The van der Waals surface area contributed by atoms with Gasteiger partial charge in [0.15, 0.2) is 11.5 Å². The molecule has 4 rings (SSSR count). The highest BCUT2D eigenvalue weighted by atomic mass is 16.5. The summed E-state index contributed by atoms with van der Waals surface area (Å²) in [6.45, 7) is 3.93. The van der Waals surface area contributed by atoms with Gasteiger partial charge in [-0.15, -0.1) is 0 Å². The third kappa shape index (κ3) is 4.59. The second-order valence-corrected chi connectivity index (χ2v) is 7.88. The van der Waals surface area contributed by atoms with Crippen LogP contribution in [0.5, 0.6) is 17.2 Å². The molecule has 34 heavy (non-hydrogen) atoms. The second kappa shape index (κ2) is 9.70. The van der Waals surface area contributed by atoms with E-state index >= 15 is 0 Å². The SMILES string of the molecule is COc1cccc(-c2nn(-c3ccc(C)cc3)cc2C(=O)Nc2cc(OC)c(OC)cc2C)c1. The fraction of sp³-hybridized carbons (Fsp3) is 0.185. The van der Waals surface area contributed by atoms with Crippen LogP contribution >= 0.6 is 0 Å². The first-order valence-electron chi connectivity index (χ1n) is 10.8. The quantitative estimate of drug-likeness (QED) is 0.400. The van der Waals surface area contributed by atoms with Gasteiger partial charge in [-0.2, -0.15) is 5.10 Å². The van der Waals surface area contributed by atoms with Crippen LogP contribution in [0.2, 0.25) is 0 Å². The highest BCUT2D eigenvalue weighted by Gasteiger charge is 2.21. The molecule has 174 valence electrons. The van der Waals surface area contributed by atoms with E-state index in [1.165, 1.54) is 0 Å². The Morgan fingerprint density at radius 3 is 2.26 bits per heavy atom. The third-order valence-electron chi connectivity index (χ3n) is 5.58. The van der Waals surface area contributed by atoms with Crippen molar-refractivity contribution in [2.24, 2.45) is 0 Å². The van der Waals surface area contributed by atoms with Crippen molar-refractivity contribution in [1.82, 2.24) is 9.78 Å². The molecule has 0 radical (unpaired) electrons. The van der Waals surface area contributed by atoms with Gasteiger partial charge < -0.3 is 19.5 Å². The Hall–Kier alpha value is -4.26. The van der Waals surface area contributed by atoms with Crippen LogP contribution in [-0.2, 0) is 0 Å². The van der Waals surface area contributed by atoms with E-state index in [9.17, 15) is 4.79 Å². The Labute approximate surface area is 198 Å². The Balaban J connectivity index is 1.78. The summed E-state index contributed by atoms with van der Waals surface area (Å²) in [4.78, 5) is 13.5. The Morgan fingerprint density at radius 2 is 1.59 bits per heavy atom. The van der Waals surface area contributed by atoms with Gasteiger partial charge in [-0.3, -0.25) is 4.79 Å². The van der Waals surface area contributed by atoms with Gasteiger partial charge in [-0.25, -0.2) is 4.68 Å². The van der Waals surface area contributed by atoms with E-state index in [0.717, 1.165) is 22.4 Å². The molecule has 1 amide bonds. The zero-order chi connectivity index (χ0) is 24.2. The fourth-order valence-electron chi connectivity index (χ4n) is 3.66. The smallest absolute Gasteiger partial charge is 0.259 e. The van der Waals surface area contributed by atoms with Crippen molar-refractivity contribution in [2.45, 2.75) is 13.8 Å². The third-order valence-corrected chi connectivity index (χ3v) is 5.58. The Morgan fingerprint density at radius 1 is 0.882 bits per heavy atom. The molecule has 3 aromatic carbocycles. The topological polar surface area (TPSA) is 74.6 Å². The standard InChI is InChI=1S/C27H27N3O4/c1-17-9-11-20(12-10-17)30-16-22(26(29-30)19-7-6-8-21(14-19)32-3)27(31)28-23-15-25(34-5)24(33-4)13-18(23)2/h6-16H,1-5H3,(H,28,31). The van der Waals surface area contributed by atoms with Crippen LogP contribution in [-0.4, -0.2) is 37.0 Å². The number of carbonyl (C=O) groups excluding carboxylic acids is 1. The summed E-state index contributed by atoms with van der Waals surface area (Å²) in [5, 5.41) is 7.76. The van der Waals surface area contributed by atoms with Crippen molar-refractivity contribution in [2.75, 3.05) is 26.6 Å². The Bertz CT molecular complexity index is 1330. The molecule has 0 spiro atoms. The lowest BCUT2D eigenvalue weighted by Gasteiger charge is -2.13. The normalized spacial score (nSPS) is 10.6. The molecule has 1 N–H and O–H groups in total. The highest BCUT2D eigenvalue weighted by molar-refractivity contribution is 6.08. The summed E-state index contributed by atoms with van der Waals surface area (Å²) in [6, 6.07) is 19.0. The van der Waals surface area contributed by atoms with Crippen LogP contribution < -0.4 is 19.5 Å². The first-order chi connectivity index (χ1) is 16.4. The van der Waals surface area contributed by atoms with E-state index in [1.807, 2.05) is 68.4 Å². The lowest BCUT2D eigenvalue weighted by molar-refractivity contribution is 0.102. The molecule has 0 aliphatic heterocycles. The predicted molar refractivity (Wildman–Crippen MR) is 133 cm³/mol. The maximum absolute atomic E-state index is 13.5. The molecular formula is C27H27N3O4. The number of hydrogen-bond acceptors (Lipinski definition) is 5. The summed E-state index contributed by atoms with van der Waals surface area (Å²) in [7, 11) is 4.75. The first kappa shape index (κ1) is 22.9. The van der Waals surface area contributed by atoms with Gasteiger partial charge in [0, 0.05) is 23.5 Å². The van der Waals surface area contributed by atoms with Crippen molar-refractivity contribution >= 4 is 11.6 Å². The van der Waals surface area contributed by atoms with Gasteiger partial charge in [0.2, 0.25) is 0 Å². The monoisotopic (exact) mass is 457 g/mol. The van der Waals surface area contributed by atoms with Gasteiger partial charge in [0.05, 0.1) is 32.6 Å². The van der Waals surface area contributed by atoms with Crippen molar-refractivity contribution in [3.8, 4) is 34.2 Å². The Kier molecular flexibility index (Phi) is 6.54. The molecule has 7 nitrogen and oxygen atoms in total. The number of nitrogens with zero attached hydrogens (tertiary/aromatic N) is 2. The van der Waals surface area contributed by atoms with E-state index in [2.05, 4.69) is 5.32 Å². The molecule has 0 bridgehead atoms. The van der Waals surface area contributed by atoms with Crippen LogP contribution in [0, 0.1) is 13.8 Å². The van der Waals surface area contributed by atoms with E-state index in [4.69, 9.17) is 19.3 Å². The number of carbonyl (C=O) groups is 1. The van der Waals surface area contributed by atoms with Gasteiger partial charge in [-0.1, -0.05) is 29.8 Å². The second-order valence-electron chi connectivity index (χ2n) is 7.88. The molecule has 0 aliphatic rings. The average Bonchev–Trinajstić information content (AvgIpc) is 3.31. The molecule has 0 aliphatic carbocycles. The molecule has 0 saturated heterocycles. The zero-order valence-electron chi connectivity index (χ0n) is 19.9. The number of nitrogens with one attached hydrogen (secondary N) is 1. The molecule has 0 saturated carbocycles. The van der Waals surface area contributed by atoms with E-state index in [-0.39, 0.29) is 5.91 Å². The summed E-state index contributed by atoms with van der Waals surface area (Å²) >= 11 is 0. The number of benzene rings is 3. The van der Waals surface area contributed by atoms with Crippen LogP contribution in [0.4, 0.5) is 5.69 Å². The predicted octanol–water partition coefficient (Wildman–Crippen LogP) is 5.43. The lowest BCUT2D eigenvalue weighted by atomic mass is 10.1. The summed E-state index contributed by atoms with van der Waals surface area (Å²) < 4.78 is 17.9. The number of anilines is 1. The molecular weight excluding hydrogens is 430 g/mol. The number of amides is 1. The summed E-state index contributed by atoms with van der Waals surface area (Å²) in [5.41, 5.74) is 5.24. The van der Waals surface area contributed by atoms with Crippen molar-refractivity contribution in [3.05, 3.63) is 83.6 Å². The molecule has 1 aromatic heterocycles. The van der Waals surface area contributed by atoms with Crippen LogP contribution in [0.3, 0.4) is 0 Å². The summed E-state index contributed by atoms with van der Waals surface area (Å²) in [5.74, 6) is 1.53. The number of rotatable bonds is 7. The van der Waals surface area contributed by atoms with Crippen molar-refractivity contribution in [3.63, 3.8) is 0 Å². The molecule has 7 heteroatoms. The molecule has 0 fully saturated rings. The zero-order valence-corrected chi connectivity index (χ0v) is 19.9. The average molecular weight is 458 g/mol. The number of aromatic nitrogens is 2. The number of ether oxygens (including phenoxy) is 3. The fourth-order valence-corrected chi connectivity index (χ4v) is 3.66. The maximum atomic E-state index is 13.5. The largest absolute Gasteiger partial charge is 0.497 e. The van der Waals surface area contributed by atoms with Crippen LogP contribution in [0.1, 0.15) is 21.5 Å². The molecule has 0 atom stereocenters. The molecule has 4 aromatic rings. The van der Waals surface area contributed by atoms with Gasteiger partial charge in [0.25, 0.3) is 5.91 Å². The minimum absolute atomic E-state index is 0.286. The van der Waals surface area contributed by atoms with E-state index < -0.39 is 0 Å². The van der Waals surface area contributed by atoms with Crippen molar-refractivity contribution < 1.29 is 19.0 Å². The van der Waals surface area contributed by atoms with Crippen LogP contribution in [0.15, 0.2) is 66.9 Å². The lowest BCUT2D eigenvalue weighted by Crippen LogP contribution is -2.13. The van der Waals surface area contributed by atoms with Crippen LogP contribution in [0.25, 0.3) is 16.9 Å². The number of aryl methyl sites for hydroxylation is 2. The summed E-state index contributed by atoms with van der Waals surface area (Å²) in [6.07, 6.45) is 1.74. The highest BCUT2D eigenvalue weighted by Crippen LogP contribution is 2.34. The number of hydrogen-bond donors (Lipinski definition) is 1. The van der Waals surface area contributed by atoms with Crippen molar-refractivity contribution in [1.29, 1.82) is 0 Å². The molecule has 0 unspecified atom stereocenters. The molecule has 1 heterocycles.